The molecule has 0 fully saturated rings. The maximum Gasteiger partial charge on any atom is 0.353 e. The third-order valence-electron chi connectivity index (χ3n) is 1.83. The fourth-order valence-electron chi connectivity index (χ4n) is 1.20. The van der Waals surface area contributed by atoms with E-state index in [1.807, 2.05) is 0 Å². The third kappa shape index (κ3) is 2.64. The summed E-state index contributed by atoms with van der Waals surface area (Å²) in [6, 6.07) is 0. The maximum absolute atomic E-state index is 10.9. The first-order chi connectivity index (χ1) is 6.23. The molecule has 0 aromatic carbocycles. The smallest absolute Gasteiger partial charge is 0.321 e. The molecule has 4 N–H and O–H groups in total. The van der Waals surface area contributed by atoms with Crippen LogP contribution in [0.4, 0.5) is 0 Å². The van der Waals surface area contributed by atoms with Gasteiger partial charge in [0.2, 0.25) is 0 Å². The Morgan fingerprint density at radius 3 is 1.36 bits per heavy atom. The SMILES string of the molecule is O=P(O)(O)C1=C(P(=O)(O)O)CC=CC1. The van der Waals surface area contributed by atoms with Gasteiger partial charge < -0.3 is 19.6 Å². The minimum Gasteiger partial charge on any atom is -0.321 e. The molecule has 0 bridgehead atoms. The van der Waals surface area contributed by atoms with Crippen molar-refractivity contribution in [2.75, 3.05) is 0 Å². The summed E-state index contributed by atoms with van der Waals surface area (Å²) in [6.07, 6.45) is 2.75. The molecule has 0 radical (unpaired) electrons. The van der Waals surface area contributed by atoms with E-state index in [2.05, 4.69) is 0 Å². The normalized spacial score (nSPS) is 18.9. The van der Waals surface area contributed by atoms with Crippen molar-refractivity contribution in [2.24, 2.45) is 0 Å². The Morgan fingerprint density at radius 1 is 0.857 bits per heavy atom. The van der Waals surface area contributed by atoms with Gasteiger partial charge in [-0.1, -0.05) is 12.2 Å². The lowest BCUT2D eigenvalue weighted by molar-refractivity contribution is 0.371. The highest BCUT2D eigenvalue weighted by molar-refractivity contribution is 7.61. The van der Waals surface area contributed by atoms with E-state index in [1.165, 1.54) is 12.2 Å². The van der Waals surface area contributed by atoms with Gasteiger partial charge in [0.15, 0.2) is 0 Å². The predicted molar refractivity (Wildman–Crippen MR) is 49.5 cm³/mol. The predicted octanol–water partition coefficient (Wildman–Crippen LogP) is 0.903. The Bertz CT molecular complexity index is 347. The summed E-state index contributed by atoms with van der Waals surface area (Å²) in [5.41, 5.74) is 0. The van der Waals surface area contributed by atoms with Crippen molar-refractivity contribution in [3.05, 3.63) is 22.8 Å². The van der Waals surface area contributed by atoms with Gasteiger partial charge in [-0.25, -0.2) is 0 Å². The molecule has 0 atom stereocenters. The van der Waals surface area contributed by atoms with Crippen LogP contribution >= 0.6 is 15.2 Å². The molecule has 1 aliphatic rings. The van der Waals surface area contributed by atoms with Crippen molar-refractivity contribution in [2.45, 2.75) is 12.8 Å². The topological polar surface area (TPSA) is 115 Å². The van der Waals surface area contributed by atoms with Gasteiger partial charge in [-0.15, -0.1) is 0 Å². The zero-order chi connectivity index (χ0) is 11.0. The Hall–Kier alpha value is -0.220. The Balaban J connectivity index is 3.26. The van der Waals surface area contributed by atoms with Crippen LogP contribution in [0, 0.1) is 0 Å². The first-order valence-electron chi connectivity index (χ1n) is 3.72. The highest BCUT2D eigenvalue weighted by Gasteiger charge is 2.33. The molecule has 0 saturated heterocycles. The van der Waals surface area contributed by atoms with E-state index in [0.29, 0.717) is 0 Å². The van der Waals surface area contributed by atoms with Crippen LogP contribution in [0.15, 0.2) is 22.8 Å². The van der Waals surface area contributed by atoms with Crippen LogP contribution in [0.3, 0.4) is 0 Å². The monoisotopic (exact) mass is 240 g/mol. The largest absolute Gasteiger partial charge is 0.353 e. The summed E-state index contributed by atoms with van der Waals surface area (Å²) in [6.45, 7) is 0. The molecule has 14 heavy (non-hydrogen) atoms. The third-order valence-corrected chi connectivity index (χ3v) is 4.31. The number of hydrogen-bond donors (Lipinski definition) is 4. The summed E-state index contributed by atoms with van der Waals surface area (Å²) in [5, 5.41) is -0.901. The number of allylic oxidation sites excluding steroid dienone is 4. The Morgan fingerprint density at radius 2 is 1.14 bits per heavy atom. The Labute approximate surface area is 80.3 Å². The van der Waals surface area contributed by atoms with Crippen molar-refractivity contribution in [3.63, 3.8) is 0 Å². The van der Waals surface area contributed by atoms with Crippen molar-refractivity contribution in [3.8, 4) is 0 Å². The molecule has 1 rings (SSSR count). The molecule has 0 unspecified atom stereocenters. The first kappa shape index (κ1) is 11.9. The van der Waals surface area contributed by atoms with Gasteiger partial charge >= 0.3 is 15.2 Å². The molecule has 6 nitrogen and oxygen atoms in total. The maximum atomic E-state index is 10.9. The first-order valence-corrected chi connectivity index (χ1v) is 6.94. The molecule has 0 aromatic heterocycles. The van der Waals surface area contributed by atoms with Crippen LogP contribution in [-0.2, 0) is 9.13 Å². The molecule has 80 valence electrons. The van der Waals surface area contributed by atoms with Gasteiger partial charge in [0.25, 0.3) is 0 Å². The van der Waals surface area contributed by atoms with E-state index in [1.54, 1.807) is 0 Å². The van der Waals surface area contributed by atoms with Gasteiger partial charge in [-0.05, 0) is 12.8 Å². The van der Waals surface area contributed by atoms with Crippen LogP contribution in [0.25, 0.3) is 0 Å². The van der Waals surface area contributed by atoms with E-state index >= 15 is 0 Å². The minimum absolute atomic E-state index is 0.106. The molecule has 0 saturated carbocycles. The van der Waals surface area contributed by atoms with Crippen molar-refractivity contribution in [1.29, 1.82) is 0 Å². The van der Waals surface area contributed by atoms with Gasteiger partial charge in [0.05, 0.1) is 10.6 Å². The lowest BCUT2D eigenvalue weighted by Crippen LogP contribution is -1.98. The molecule has 0 amide bonds. The number of hydrogen-bond acceptors (Lipinski definition) is 2. The quantitative estimate of drug-likeness (QED) is 0.421. The van der Waals surface area contributed by atoms with Gasteiger partial charge in [-0.3, -0.25) is 9.13 Å². The molecule has 0 spiro atoms. The fourth-order valence-corrected chi connectivity index (χ4v) is 3.52. The van der Waals surface area contributed by atoms with Crippen LogP contribution in [0.1, 0.15) is 12.8 Å². The minimum atomic E-state index is -4.56. The van der Waals surface area contributed by atoms with Crippen molar-refractivity contribution < 1.29 is 28.7 Å². The molecule has 8 heteroatoms. The zero-order valence-electron chi connectivity index (χ0n) is 7.07. The number of rotatable bonds is 2. The molecular formula is C6H10O6P2. The van der Waals surface area contributed by atoms with Gasteiger partial charge in [0, 0.05) is 0 Å². The summed E-state index contributed by atoms with van der Waals surface area (Å²) >= 11 is 0. The summed E-state index contributed by atoms with van der Waals surface area (Å²) in [4.78, 5) is 35.4. The van der Waals surface area contributed by atoms with E-state index < -0.39 is 25.8 Å². The summed E-state index contributed by atoms with van der Waals surface area (Å²) in [5.74, 6) is 0. The van der Waals surface area contributed by atoms with Crippen LogP contribution in [-0.4, -0.2) is 19.6 Å². The van der Waals surface area contributed by atoms with Gasteiger partial charge in [-0.2, -0.15) is 0 Å². The molecule has 1 aliphatic carbocycles. The van der Waals surface area contributed by atoms with Crippen LogP contribution in [0.2, 0.25) is 0 Å². The second-order valence-corrected chi connectivity index (χ2v) is 6.12. The van der Waals surface area contributed by atoms with Gasteiger partial charge in [0.1, 0.15) is 0 Å². The lowest BCUT2D eigenvalue weighted by atomic mass is 10.2. The van der Waals surface area contributed by atoms with E-state index in [9.17, 15) is 9.13 Å². The summed E-state index contributed by atoms with van der Waals surface area (Å²) < 4.78 is 21.8. The van der Waals surface area contributed by atoms with Crippen molar-refractivity contribution in [1.82, 2.24) is 0 Å². The Kier molecular flexibility index (Phi) is 3.17. The highest BCUT2D eigenvalue weighted by atomic mass is 31.2. The van der Waals surface area contributed by atoms with Crippen molar-refractivity contribution >= 4 is 15.2 Å². The van der Waals surface area contributed by atoms with Crippen LogP contribution in [0.5, 0.6) is 0 Å². The second kappa shape index (κ2) is 3.74. The standard InChI is InChI=1S/C6H10O6P2/c7-13(8,9)5-3-1-2-4-6(5)14(10,11)12/h1-2H,3-4H2,(H2,7,8,9)(H2,10,11,12). The molecular weight excluding hydrogens is 230 g/mol. The van der Waals surface area contributed by atoms with E-state index in [4.69, 9.17) is 19.6 Å². The second-order valence-electron chi connectivity index (χ2n) is 2.86. The summed E-state index contributed by atoms with van der Waals surface area (Å²) in [7, 11) is -9.12. The average molecular weight is 240 g/mol. The molecule has 0 aromatic rings. The molecule has 0 aliphatic heterocycles. The van der Waals surface area contributed by atoms with Crippen LogP contribution < -0.4 is 0 Å². The molecule has 0 heterocycles. The average Bonchev–Trinajstić information content (AvgIpc) is 2.01. The highest BCUT2D eigenvalue weighted by Crippen LogP contribution is 2.59. The van der Waals surface area contributed by atoms with E-state index in [-0.39, 0.29) is 12.8 Å². The van der Waals surface area contributed by atoms with E-state index in [0.717, 1.165) is 0 Å². The fraction of sp³-hybridized carbons (Fsp3) is 0.333. The lowest BCUT2D eigenvalue weighted by Gasteiger charge is -2.18. The zero-order valence-corrected chi connectivity index (χ0v) is 8.86.